The molecule has 1 aromatic rings. The molecular weight excluding hydrogens is 262 g/mol. The van der Waals surface area contributed by atoms with Gasteiger partial charge in [0.15, 0.2) is 10.9 Å². The summed E-state index contributed by atoms with van der Waals surface area (Å²) in [6.07, 6.45) is 10.6. The van der Waals surface area contributed by atoms with E-state index in [1.54, 1.807) is 6.20 Å². The van der Waals surface area contributed by atoms with Gasteiger partial charge < -0.3 is 9.47 Å². The van der Waals surface area contributed by atoms with Gasteiger partial charge in [-0.15, -0.1) is 0 Å². The number of nitrogens with zero attached hydrogens (tertiary/aromatic N) is 1. The van der Waals surface area contributed by atoms with E-state index in [0.29, 0.717) is 17.5 Å². The number of hydrogen-bond donors (Lipinski definition) is 0. The Kier molecular flexibility index (Phi) is 3.94. The third-order valence-electron chi connectivity index (χ3n) is 4.25. The predicted octanol–water partition coefficient (Wildman–Crippen LogP) is 4.00. The highest BCUT2D eigenvalue weighted by atomic mass is 35.5. The van der Waals surface area contributed by atoms with Gasteiger partial charge in [-0.3, -0.25) is 0 Å². The average Bonchev–Trinajstić information content (AvgIpc) is 2.82. The van der Waals surface area contributed by atoms with E-state index >= 15 is 0 Å². The Morgan fingerprint density at radius 3 is 2.95 bits per heavy atom. The van der Waals surface area contributed by atoms with Gasteiger partial charge in [-0.2, -0.15) is 0 Å². The quantitative estimate of drug-likeness (QED) is 0.785. The minimum atomic E-state index is 0.158. The van der Waals surface area contributed by atoms with Crippen LogP contribution in [-0.4, -0.2) is 23.3 Å². The van der Waals surface area contributed by atoms with Crippen LogP contribution >= 0.6 is 11.6 Å². The van der Waals surface area contributed by atoms with Crippen LogP contribution in [0, 0.1) is 0 Å². The minimum Gasteiger partial charge on any atom is -0.488 e. The van der Waals surface area contributed by atoms with Crippen molar-refractivity contribution in [2.24, 2.45) is 0 Å². The fourth-order valence-electron chi connectivity index (χ4n) is 3.24. The highest BCUT2D eigenvalue weighted by Crippen LogP contribution is 2.42. The van der Waals surface area contributed by atoms with Crippen LogP contribution < -0.4 is 4.74 Å². The summed E-state index contributed by atoms with van der Waals surface area (Å²) in [5, 5.41) is 0.424. The zero-order valence-corrected chi connectivity index (χ0v) is 11.9. The predicted molar refractivity (Wildman–Crippen MR) is 74.7 cm³/mol. The number of aromatic nitrogens is 1. The maximum Gasteiger partial charge on any atom is 0.171 e. The first-order valence-corrected chi connectivity index (χ1v) is 7.56. The van der Waals surface area contributed by atoms with E-state index < -0.39 is 0 Å². The van der Waals surface area contributed by atoms with E-state index in [4.69, 9.17) is 21.1 Å². The Morgan fingerprint density at radius 1 is 1.32 bits per heavy atom. The molecular formula is C15H20ClNO2. The van der Waals surface area contributed by atoms with E-state index in [2.05, 4.69) is 4.98 Å². The van der Waals surface area contributed by atoms with Crippen LogP contribution in [-0.2, 0) is 4.74 Å². The molecule has 1 saturated carbocycles. The molecule has 2 fully saturated rings. The van der Waals surface area contributed by atoms with Crippen molar-refractivity contribution >= 4 is 11.6 Å². The molecule has 4 heteroatoms. The summed E-state index contributed by atoms with van der Waals surface area (Å²) >= 11 is 5.97. The second-order valence-corrected chi connectivity index (χ2v) is 5.98. The highest BCUT2D eigenvalue weighted by molar-refractivity contribution is 6.30. The van der Waals surface area contributed by atoms with Crippen LogP contribution in [0.1, 0.15) is 44.9 Å². The third-order valence-corrected chi connectivity index (χ3v) is 4.54. The normalized spacial score (nSPS) is 25.6. The second-order valence-electron chi connectivity index (χ2n) is 5.63. The molecule has 1 unspecified atom stereocenters. The number of halogens is 1. The molecule has 0 bridgehead atoms. The van der Waals surface area contributed by atoms with E-state index in [1.165, 1.54) is 38.5 Å². The molecule has 0 aromatic carbocycles. The van der Waals surface area contributed by atoms with Crippen LogP contribution in [0.5, 0.6) is 5.75 Å². The Balaban J connectivity index is 1.53. The molecule has 1 aliphatic carbocycles. The molecule has 1 atom stereocenters. The van der Waals surface area contributed by atoms with Gasteiger partial charge in [0.2, 0.25) is 0 Å². The second kappa shape index (κ2) is 5.68. The lowest BCUT2D eigenvalue weighted by atomic mass is 9.83. The maximum absolute atomic E-state index is 6.26. The molecule has 3 nitrogen and oxygen atoms in total. The number of ether oxygens (including phenoxy) is 2. The van der Waals surface area contributed by atoms with E-state index in [0.717, 1.165) is 6.42 Å². The molecule has 0 amide bonds. The van der Waals surface area contributed by atoms with Gasteiger partial charge >= 0.3 is 0 Å². The van der Waals surface area contributed by atoms with E-state index in [-0.39, 0.29) is 11.7 Å². The van der Waals surface area contributed by atoms with Gasteiger partial charge in [0.25, 0.3) is 0 Å². The van der Waals surface area contributed by atoms with Crippen molar-refractivity contribution in [2.45, 2.75) is 56.7 Å². The summed E-state index contributed by atoms with van der Waals surface area (Å²) in [5.41, 5.74) is 0.158. The lowest BCUT2D eigenvalue weighted by molar-refractivity contribution is -0.0748. The molecule has 1 aromatic heterocycles. The zero-order chi connectivity index (χ0) is 13.1. The first kappa shape index (κ1) is 13.2. The SMILES string of the molecule is Clc1ncccc1OCC1CCC2(CCCCC2)O1. The van der Waals surface area contributed by atoms with Crippen molar-refractivity contribution in [1.82, 2.24) is 4.98 Å². The van der Waals surface area contributed by atoms with Crippen molar-refractivity contribution in [2.75, 3.05) is 6.61 Å². The van der Waals surface area contributed by atoms with E-state index in [9.17, 15) is 0 Å². The molecule has 104 valence electrons. The lowest BCUT2D eigenvalue weighted by Gasteiger charge is -2.33. The van der Waals surface area contributed by atoms with Gasteiger partial charge in [0.05, 0.1) is 11.7 Å². The van der Waals surface area contributed by atoms with Crippen molar-refractivity contribution in [1.29, 1.82) is 0 Å². The number of rotatable bonds is 3. The van der Waals surface area contributed by atoms with Gasteiger partial charge in [0, 0.05) is 6.20 Å². The summed E-state index contributed by atoms with van der Waals surface area (Å²) in [4.78, 5) is 4.01. The van der Waals surface area contributed by atoms with Crippen LogP contribution in [0.3, 0.4) is 0 Å². The zero-order valence-electron chi connectivity index (χ0n) is 11.1. The molecule has 1 spiro atoms. The maximum atomic E-state index is 6.26. The van der Waals surface area contributed by atoms with Crippen LogP contribution in [0.4, 0.5) is 0 Å². The average molecular weight is 282 g/mol. The van der Waals surface area contributed by atoms with Crippen LogP contribution in [0.2, 0.25) is 5.15 Å². The van der Waals surface area contributed by atoms with Gasteiger partial charge in [-0.1, -0.05) is 30.9 Å². The van der Waals surface area contributed by atoms with Crippen LogP contribution in [0.25, 0.3) is 0 Å². The van der Waals surface area contributed by atoms with Crippen LogP contribution in [0.15, 0.2) is 18.3 Å². The molecule has 0 N–H and O–H groups in total. The van der Waals surface area contributed by atoms with Gasteiger partial charge in [0.1, 0.15) is 6.61 Å². The first-order chi connectivity index (χ1) is 9.27. The first-order valence-electron chi connectivity index (χ1n) is 7.19. The van der Waals surface area contributed by atoms with Crippen molar-refractivity contribution in [3.8, 4) is 5.75 Å². The van der Waals surface area contributed by atoms with Crippen molar-refractivity contribution in [3.05, 3.63) is 23.5 Å². The lowest BCUT2D eigenvalue weighted by Crippen LogP contribution is -2.32. The van der Waals surface area contributed by atoms with Crippen molar-refractivity contribution < 1.29 is 9.47 Å². The fraction of sp³-hybridized carbons (Fsp3) is 0.667. The minimum absolute atomic E-state index is 0.158. The van der Waals surface area contributed by atoms with Gasteiger partial charge in [-0.25, -0.2) is 4.98 Å². The Morgan fingerprint density at radius 2 is 2.16 bits per heavy atom. The Hall–Kier alpha value is -0.800. The summed E-state index contributed by atoms with van der Waals surface area (Å²) in [7, 11) is 0. The molecule has 19 heavy (non-hydrogen) atoms. The summed E-state index contributed by atoms with van der Waals surface area (Å²) in [6.45, 7) is 0.577. The molecule has 1 saturated heterocycles. The summed E-state index contributed by atoms with van der Waals surface area (Å²) in [5.74, 6) is 0.650. The smallest absolute Gasteiger partial charge is 0.171 e. The Bertz CT molecular complexity index is 432. The third kappa shape index (κ3) is 3.03. The monoisotopic (exact) mass is 281 g/mol. The number of hydrogen-bond acceptors (Lipinski definition) is 3. The molecule has 2 heterocycles. The largest absolute Gasteiger partial charge is 0.488 e. The fourth-order valence-corrected chi connectivity index (χ4v) is 3.41. The highest BCUT2D eigenvalue weighted by Gasteiger charge is 2.40. The van der Waals surface area contributed by atoms with Crippen molar-refractivity contribution in [3.63, 3.8) is 0 Å². The summed E-state index contributed by atoms with van der Waals surface area (Å²) < 4.78 is 12.0. The molecule has 0 radical (unpaired) electrons. The topological polar surface area (TPSA) is 31.4 Å². The molecule has 3 rings (SSSR count). The standard InChI is InChI=1S/C15H20ClNO2/c16-14-13(5-4-10-17-14)18-11-12-6-9-15(19-12)7-2-1-3-8-15/h4-5,10,12H,1-3,6-9,11H2. The van der Waals surface area contributed by atoms with E-state index in [1.807, 2.05) is 12.1 Å². The Labute approximate surface area is 119 Å². The van der Waals surface area contributed by atoms with Gasteiger partial charge in [-0.05, 0) is 37.8 Å². The summed E-state index contributed by atoms with van der Waals surface area (Å²) in [6, 6.07) is 3.68. The number of pyridine rings is 1. The molecule has 2 aliphatic rings. The molecule has 1 aliphatic heterocycles.